The van der Waals surface area contributed by atoms with Gasteiger partial charge in [-0.1, -0.05) is 56.3 Å². The molecule has 0 saturated carbocycles. The van der Waals surface area contributed by atoms with Crippen molar-refractivity contribution in [1.82, 2.24) is 4.90 Å². The fraction of sp³-hybridized carbons (Fsp3) is 0.200. The highest BCUT2D eigenvalue weighted by Crippen LogP contribution is 2.04. The number of rotatable bonds is 4. The summed E-state index contributed by atoms with van der Waals surface area (Å²) in [6.07, 6.45) is 8.52. The molecule has 6 nitrogen and oxygen atoms in total. The van der Waals surface area contributed by atoms with Gasteiger partial charge in [0.05, 0.1) is 0 Å². The molecular formula is C20H21NO5. The van der Waals surface area contributed by atoms with Crippen molar-refractivity contribution in [3.8, 4) is 0 Å². The maximum absolute atomic E-state index is 10.9. The van der Waals surface area contributed by atoms with Crippen LogP contribution in [0.15, 0.2) is 61.2 Å². The molecule has 2 amide bonds. The molecule has 2 aliphatic heterocycles. The zero-order chi connectivity index (χ0) is 19.4. The number of hydrogen-bond acceptors (Lipinski definition) is 5. The van der Waals surface area contributed by atoms with Gasteiger partial charge in [-0.05, 0) is 12.0 Å². The number of hydrogen-bond donors (Lipinski definition) is 0. The third-order valence-electron chi connectivity index (χ3n) is 3.23. The van der Waals surface area contributed by atoms with E-state index in [1.165, 1.54) is 22.6 Å². The van der Waals surface area contributed by atoms with E-state index in [4.69, 9.17) is 0 Å². The van der Waals surface area contributed by atoms with Crippen molar-refractivity contribution in [2.45, 2.75) is 19.8 Å². The second-order valence-corrected chi connectivity index (χ2v) is 5.20. The van der Waals surface area contributed by atoms with Crippen molar-refractivity contribution in [1.29, 1.82) is 0 Å². The first-order valence-corrected chi connectivity index (χ1v) is 8.12. The lowest BCUT2D eigenvalue weighted by molar-refractivity contribution is -0.150. The summed E-state index contributed by atoms with van der Waals surface area (Å²) in [6.45, 7) is 6.21. The fourth-order valence-electron chi connectivity index (χ4n) is 1.86. The number of nitrogens with zero attached hydrogens (tertiary/aromatic N) is 1. The van der Waals surface area contributed by atoms with E-state index in [0.29, 0.717) is 6.54 Å². The third kappa shape index (κ3) is 7.53. The second kappa shape index (κ2) is 11.3. The molecule has 0 atom stereocenters. The lowest BCUT2D eigenvalue weighted by Gasteiger charge is -2.11. The van der Waals surface area contributed by atoms with E-state index in [2.05, 4.69) is 11.3 Å². The Hall–Kier alpha value is -3.28. The normalized spacial score (nSPS) is 14.4. The number of cyclic esters (lactones) is 2. The van der Waals surface area contributed by atoms with Crippen LogP contribution in [-0.2, 0) is 23.9 Å². The van der Waals surface area contributed by atoms with Crippen molar-refractivity contribution in [2.24, 2.45) is 0 Å². The number of carbonyl (C=O) groups excluding carboxylic acids is 4. The van der Waals surface area contributed by atoms with E-state index in [1.807, 2.05) is 43.3 Å². The number of imide groups is 1. The molecule has 6 heteroatoms. The summed E-state index contributed by atoms with van der Waals surface area (Å²) in [5.74, 6) is -1.51. The Labute approximate surface area is 152 Å². The van der Waals surface area contributed by atoms with Gasteiger partial charge in [-0.25, -0.2) is 9.59 Å². The average molecular weight is 355 g/mol. The number of esters is 2. The molecule has 1 aromatic carbocycles. The molecule has 0 N–H and O–H groups in total. The second-order valence-electron chi connectivity index (χ2n) is 5.20. The zero-order valence-corrected chi connectivity index (χ0v) is 14.6. The molecule has 0 aromatic heterocycles. The number of benzene rings is 1. The monoisotopic (exact) mass is 355 g/mol. The molecule has 2 heterocycles. The van der Waals surface area contributed by atoms with Gasteiger partial charge in [0.25, 0.3) is 11.8 Å². The average Bonchev–Trinajstić information content (AvgIpc) is 3.19. The Bertz CT molecular complexity index is 685. The molecule has 136 valence electrons. The highest BCUT2D eigenvalue weighted by molar-refractivity contribution is 6.12. The van der Waals surface area contributed by atoms with E-state index in [0.717, 1.165) is 25.0 Å². The van der Waals surface area contributed by atoms with Crippen LogP contribution in [0.4, 0.5) is 0 Å². The Balaban J connectivity index is 0.000000201. The quantitative estimate of drug-likeness (QED) is 0.471. The summed E-state index contributed by atoms with van der Waals surface area (Å²) in [4.78, 5) is 42.9. The van der Waals surface area contributed by atoms with Crippen LogP contribution in [0.3, 0.4) is 0 Å². The molecule has 0 radical (unpaired) electrons. The van der Waals surface area contributed by atoms with Crippen LogP contribution in [-0.4, -0.2) is 35.2 Å². The van der Waals surface area contributed by atoms with E-state index >= 15 is 0 Å². The molecule has 1 aromatic rings. The lowest BCUT2D eigenvalue weighted by Crippen LogP contribution is -2.30. The van der Waals surface area contributed by atoms with Crippen molar-refractivity contribution in [3.05, 3.63) is 66.8 Å². The molecule has 26 heavy (non-hydrogen) atoms. The molecular weight excluding hydrogens is 334 g/mol. The van der Waals surface area contributed by atoms with Gasteiger partial charge in [0.2, 0.25) is 0 Å². The number of unbranched alkanes of at least 4 members (excludes halogenated alkanes) is 1. The van der Waals surface area contributed by atoms with Crippen LogP contribution < -0.4 is 0 Å². The van der Waals surface area contributed by atoms with Gasteiger partial charge in [0.15, 0.2) is 0 Å². The van der Waals surface area contributed by atoms with Gasteiger partial charge >= 0.3 is 11.9 Å². The van der Waals surface area contributed by atoms with Crippen molar-refractivity contribution < 1.29 is 23.9 Å². The minimum Gasteiger partial charge on any atom is -0.387 e. The van der Waals surface area contributed by atoms with Gasteiger partial charge in [-0.3, -0.25) is 14.5 Å². The van der Waals surface area contributed by atoms with Crippen LogP contribution in [0.25, 0.3) is 6.08 Å². The first kappa shape index (κ1) is 20.8. The Morgan fingerprint density at radius 1 is 0.923 bits per heavy atom. The summed E-state index contributed by atoms with van der Waals surface area (Å²) < 4.78 is 3.97. The standard InChI is InChI=1S/C8H11NO2.C8H8.C4H2O3/c1-2-3-6-9-7(10)4-5-8(9)11;1-2-8-6-4-3-5-7-8;5-3-1-2-4(6)7-3/h4-5H,2-3,6H2,1H3;2-7H,1H2;1-2H. The lowest BCUT2D eigenvalue weighted by atomic mass is 10.2. The number of ether oxygens (including phenoxy) is 1. The predicted molar refractivity (Wildman–Crippen MR) is 97.5 cm³/mol. The topological polar surface area (TPSA) is 80.8 Å². The van der Waals surface area contributed by atoms with Gasteiger partial charge in [-0.15, -0.1) is 0 Å². The van der Waals surface area contributed by atoms with Crippen molar-refractivity contribution >= 4 is 29.8 Å². The van der Waals surface area contributed by atoms with Crippen LogP contribution in [0.2, 0.25) is 0 Å². The van der Waals surface area contributed by atoms with Crippen LogP contribution in [0, 0.1) is 0 Å². The maximum atomic E-state index is 10.9. The smallest absolute Gasteiger partial charge is 0.338 e. The molecule has 0 bridgehead atoms. The third-order valence-corrected chi connectivity index (χ3v) is 3.23. The minimum absolute atomic E-state index is 0.177. The highest BCUT2D eigenvalue weighted by Gasteiger charge is 2.21. The Morgan fingerprint density at radius 3 is 1.81 bits per heavy atom. The van der Waals surface area contributed by atoms with E-state index in [1.54, 1.807) is 0 Å². The SMILES string of the molecule is C=Cc1ccccc1.CCCCN1C(=O)C=CC1=O.O=C1C=CC(=O)O1. The Kier molecular flexibility index (Phi) is 9.03. The molecule has 0 fully saturated rings. The maximum Gasteiger partial charge on any atom is 0.338 e. The fourth-order valence-corrected chi connectivity index (χ4v) is 1.86. The molecule has 2 aliphatic rings. The highest BCUT2D eigenvalue weighted by atomic mass is 16.6. The van der Waals surface area contributed by atoms with Gasteiger partial charge in [0, 0.05) is 30.8 Å². The molecule has 0 aliphatic carbocycles. The summed E-state index contributed by atoms with van der Waals surface area (Å²) in [5, 5.41) is 0. The van der Waals surface area contributed by atoms with Crippen LogP contribution >= 0.6 is 0 Å². The molecule has 0 spiro atoms. The molecule has 0 unspecified atom stereocenters. The molecule has 3 rings (SSSR count). The van der Waals surface area contributed by atoms with Crippen molar-refractivity contribution in [3.63, 3.8) is 0 Å². The first-order valence-electron chi connectivity index (χ1n) is 8.12. The van der Waals surface area contributed by atoms with Gasteiger partial charge in [-0.2, -0.15) is 0 Å². The van der Waals surface area contributed by atoms with Crippen molar-refractivity contribution in [2.75, 3.05) is 6.54 Å². The number of amides is 2. The Morgan fingerprint density at radius 2 is 1.46 bits per heavy atom. The summed E-state index contributed by atoms with van der Waals surface area (Å²) >= 11 is 0. The van der Waals surface area contributed by atoms with E-state index in [9.17, 15) is 19.2 Å². The minimum atomic E-state index is -0.579. The zero-order valence-electron chi connectivity index (χ0n) is 14.6. The van der Waals surface area contributed by atoms with Crippen LogP contribution in [0.5, 0.6) is 0 Å². The van der Waals surface area contributed by atoms with Gasteiger partial charge in [0.1, 0.15) is 0 Å². The van der Waals surface area contributed by atoms with E-state index in [-0.39, 0.29) is 11.8 Å². The first-order chi connectivity index (χ1) is 12.5. The summed E-state index contributed by atoms with van der Waals surface area (Å²) in [5.41, 5.74) is 1.17. The predicted octanol–water partition coefficient (Wildman–Crippen LogP) is 2.67. The number of carbonyl (C=O) groups is 4. The van der Waals surface area contributed by atoms with Crippen LogP contribution in [0.1, 0.15) is 25.3 Å². The van der Waals surface area contributed by atoms with Gasteiger partial charge < -0.3 is 4.74 Å². The molecule has 0 saturated heterocycles. The summed E-state index contributed by atoms with van der Waals surface area (Å²) in [6, 6.07) is 10.0. The van der Waals surface area contributed by atoms with E-state index < -0.39 is 11.9 Å². The largest absolute Gasteiger partial charge is 0.387 e. The summed E-state index contributed by atoms with van der Waals surface area (Å²) in [7, 11) is 0.